The fourth-order valence-corrected chi connectivity index (χ4v) is 4.84. The molecule has 1 aliphatic rings. The van der Waals surface area contributed by atoms with Gasteiger partial charge >= 0.3 is 5.97 Å². The molecule has 1 saturated heterocycles. The van der Waals surface area contributed by atoms with E-state index in [9.17, 15) is 18.8 Å². The summed E-state index contributed by atoms with van der Waals surface area (Å²) in [7, 11) is 1.52. The number of methoxy groups -OCH3 is 1. The first kappa shape index (κ1) is 27.5. The van der Waals surface area contributed by atoms with Crippen LogP contribution in [0.3, 0.4) is 0 Å². The molecular formula is C27H20Cl2FNO6S. The van der Waals surface area contributed by atoms with Crippen molar-refractivity contribution in [1.29, 1.82) is 0 Å². The molecule has 196 valence electrons. The van der Waals surface area contributed by atoms with E-state index in [-0.39, 0.29) is 45.2 Å². The van der Waals surface area contributed by atoms with Crippen LogP contribution >= 0.6 is 35.0 Å². The Bertz CT molecular complexity index is 1440. The molecule has 1 fully saturated rings. The first-order chi connectivity index (χ1) is 18.2. The maximum absolute atomic E-state index is 13.4. The molecule has 0 atom stereocenters. The van der Waals surface area contributed by atoms with Gasteiger partial charge in [0.25, 0.3) is 11.1 Å². The maximum atomic E-state index is 13.4. The van der Waals surface area contributed by atoms with Gasteiger partial charge in [-0.3, -0.25) is 14.5 Å². The van der Waals surface area contributed by atoms with Crippen LogP contribution in [0.5, 0.6) is 17.2 Å². The van der Waals surface area contributed by atoms with Gasteiger partial charge in [0.2, 0.25) is 0 Å². The molecule has 3 aromatic carbocycles. The van der Waals surface area contributed by atoms with Gasteiger partial charge in [0.15, 0.2) is 11.5 Å². The Morgan fingerprint density at radius 1 is 1.05 bits per heavy atom. The van der Waals surface area contributed by atoms with E-state index in [2.05, 4.69) is 0 Å². The number of hydrogen-bond acceptors (Lipinski definition) is 7. The number of hydrogen-bond donors (Lipinski definition) is 0. The smallest absolute Gasteiger partial charge is 0.343 e. The van der Waals surface area contributed by atoms with Crippen molar-refractivity contribution in [3.63, 3.8) is 0 Å². The highest BCUT2D eigenvalue weighted by atomic mass is 35.5. The second-order valence-electron chi connectivity index (χ2n) is 7.88. The van der Waals surface area contributed by atoms with Gasteiger partial charge in [-0.15, -0.1) is 0 Å². The van der Waals surface area contributed by atoms with Crippen LogP contribution in [-0.4, -0.2) is 35.7 Å². The molecule has 38 heavy (non-hydrogen) atoms. The van der Waals surface area contributed by atoms with E-state index in [0.29, 0.717) is 16.9 Å². The van der Waals surface area contributed by atoms with E-state index in [1.165, 1.54) is 31.4 Å². The van der Waals surface area contributed by atoms with E-state index < -0.39 is 22.9 Å². The monoisotopic (exact) mass is 575 g/mol. The van der Waals surface area contributed by atoms with Crippen LogP contribution < -0.4 is 14.2 Å². The van der Waals surface area contributed by atoms with E-state index >= 15 is 0 Å². The van der Waals surface area contributed by atoms with Crippen molar-refractivity contribution >= 4 is 58.2 Å². The fourth-order valence-electron chi connectivity index (χ4n) is 3.52. The molecule has 0 saturated carbocycles. The van der Waals surface area contributed by atoms with Gasteiger partial charge in [0.1, 0.15) is 11.6 Å². The molecule has 1 heterocycles. The molecule has 11 heteroatoms. The van der Waals surface area contributed by atoms with Crippen molar-refractivity contribution < 1.29 is 33.0 Å². The van der Waals surface area contributed by atoms with Crippen molar-refractivity contribution in [3.8, 4) is 17.2 Å². The summed E-state index contributed by atoms with van der Waals surface area (Å²) in [5.41, 5.74) is 1.16. The number of thioether (sulfide) groups is 1. The summed E-state index contributed by atoms with van der Waals surface area (Å²) in [4.78, 5) is 39.4. The number of halogens is 3. The summed E-state index contributed by atoms with van der Waals surface area (Å²) in [5.74, 6) is -0.915. The largest absolute Gasteiger partial charge is 0.497 e. The highest BCUT2D eigenvalue weighted by Gasteiger charge is 2.35. The average Bonchev–Trinajstić information content (AvgIpc) is 3.14. The van der Waals surface area contributed by atoms with Gasteiger partial charge in [0, 0.05) is 5.02 Å². The minimum absolute atomic E-state index is 0.0190. The van der Waals surface area contributed by atoms with Gasteiger partial charge in [-0.1, -0.05) is 29.3 Å². The van der Waals surface area contributed by atoms with Crippen LogP contribution in [0.25, 0.3) is 6.08 Å². The quantitative estimate of drug-likeness (QED) is 0.162. The van der Waals surface area contributed by atoms with Gasteiger partial charge in [-0.05, 0) is 84.4 Å². The Labute approximate surface area is 232 Å². The molecule has 4 rings (SSSR count). The highest BCUT2D eigenvalue weighted by molar-refractivity contribution is 8.18. The molecule has 0 spiro atoms. The van der Waals surface area contributed by atoms with Crippen LogP contribution in [0.2, 0.25) is 10.0 Å². The predicted octanol–water partition coefficient (Wildman–Crippen LogP) is 7.00. The van der Waals surface area contributed by atoms with E-state index in [0.717, 1.165) is 22.7 Å². The number of esters is 1. The lowest BCUT2D eigenvalue weighted by Crippen LogP contribution is -2.27. The minimum atomic E-state index is -0.649. The van der Waals surface area contributed by atoms with Crippen molar-refractivity contribution in [1.82, 2.24) is 4.90 Å². The zero-order valence-electron chi connectivity index (χ0n) is 20.1. The fraction of sp³-hybridized carbons (Fsp3) is 0.148. The minimum Gasteiger partial charge on any atom is -0.497 e. The number of rotatable bonds is 8. The highest BCUT2D eigenvalue weighted by Crippen LogP contribution is 2.40. The zero-order chi connectivity index (χ0) is 27.4. The number of amides is 2. The maximum Gasteiger partial charge on any atom is 0.343 e. The third kappa shape index (κ3) is 6.12. The second kappa shape index (κ2) is 11.9. The molecule has 1 aliphatic heterocycles. The van der Waals surface area contributed by atoms with E-state index in [1.807, 2.05) is 0 Å². The number of carbonyl (C=O) groups is 3. The van der Waals surface area contributed by atoms with Gasteiger partial charge in [-0.25, -0.2) is 9.18 Å². The molecule has 3 aromatic rings. The number of carbonyl (C=O) groups excluding carboxylic acids is 3. The van der Waals surface area contributed by atoms with E-state index in [4.69, 9.17) is 37.4 Å². The van der Waals surface area contributed by atoms with Gasteiger partial charge in [-0.2, -0.15) is 0 Å². The Hall–Kier alpha value is -3.53. The number of ether oxygens (including phenoxy) is 3. The van der Waals surface area contributed by atoms with Gasteiger partial charge in [0.05, 0.1) is 35.8 Å². The topological polar surface area (TPSA) is 82.1 Å². The van der Waals surface area contributed by atoms with Crippen LogP contribution in [0.4, 0.5) is 9.18 Å². The lowest BCUT2D eigenvalue weighted by Gasteiger charge is -2.14. The van der Waals surface area contributed by atoms with Crippen molar-refractivity contribution in [2.75, 3.05) is 13.7 Å². The molecule has 0 aliphatic carbocycles. The second-order valence-corrected chi connectivity index (χ2v) is 9.69. The summed E-state index contributed by atoms with van der Waals surface area (Å²) in [6.45, 7) is 1.90. The molecule has 0 bridgehead atoms. The molecule has 0 aromatic heterocycles. The van der Waals surface area contributed by atoms with Crippen molar-refractivity contribution in [2.45, 2.75) is 13.5 Å². The first-order valence-corrected chi connectivity index (χ1v) is 12.8. The summed E-state index contributed by atoms with van der Waals surface area (Å²) in [5, 5.41) is -0.315. The molecular weight excluding hydrogens is 556 g/mol. The Morgan fingerprint density at radius 2 is 1.79 bits per heavy atom. The molecule has 0 unspecified atom stereocenters. The molecule has 0 radical (unpaired) electrons. The number of benzene rings is 3. The number of nitrogens with zero attached hydrogens (tertiary/aromatic N) is 1. The lowest BCUT2D eigenvalue weighted by molar-refractivity contribution is -0.123. The first-order valence-electron chi connectivity index (χ1n) is 11.2. The van der Waals surface area contributed by atoms with E-state index in [1.54, 1.807) is 37.3 Å². The molecule has 2 amide bonds. The van der Waals surface area contributed by atoms with Crippen LogP contribution in [0.1, 0.15) is 28.4 Å². The Morgan fingerprint density at radius 3 is 2.45 bits per heavy atom. The van der Waals surface area contributed by atoms with Crippen LogP contribution in [0.15, 0.2) is 59.5 Å². The molecule has 0 N–H and O–H groups in total. The summed E-state index contributed by atoms with van der Waals surface area (Å²) >= 11 is 13.2. The predicted molar refractivity (Wildman–Crippen MR) is 143 cm³/mol. The average molecular weight is 576 g/mol. The zero-order valence-corrected chi connectivity index (χ0v) is 22.5. The third-order valence-corrected chi connectivity index (χ3v) is 6.91. The third-order valence-electron chi connectivity index (χ3n) is 5.37. The lowest BCUT2D eigenvalue weighted by atomic mass is 10.1. The summed E-state index contributed by atoms with van der Waals surface area (Å²) in [6, 6.07) is 13.2. The normalized spacial score (nSPS) is 14.2. The van der Waals surface area contributed by atoms with Crippen molar-refractivity contribution in [3.05, 3.63) is 92.1 Å². The van der Waals surface area contributed by atoms with Crippen LogP contribution in [-0.2, 0) is 11.3 Å². The SMILES string of the molecule is CCOc1cc(/C=C2\SC(=O)N(Cc3ccc(F)cc3Cl)C2=O)cc(Cl)c1OC(=O)c1ccc(OC)cc1. The van der Waals surface area contributed by atoms with Crippen LogP contribution in [0, 0.1) is 5.82 Å². The summed E-state index contributed by atoms with van der Waals surface area (Å²) < 4.78 is 29.6. The summed E-state index contributed by atoms with van der Waals surface area (Å²) in [6.07, 6.45) is 1.49. The Kier molecular flexibility index (Phi) is 8.61. The van der Waals surface area contributed by atoms with Gasteiger partial charge < -0.3 is 14.2 Å². The Balaban J connectivity index is 1.57. The standard InChI is InChI=1S/C27H20Cl2FNO6S/c1-3-36-22-11-15(10-21(29)24(22)37-26(33)16-5-8-19(35-2)9-6-16)12-23-25(32)31(27(34)38-23)14-17-4-7-18(30)13-20(17)28/h4-13H,3,14H2,1-2H3/b23-12-. The van der Waals surface area contributed by atoms with Crippen molar-refractivity contribution in [2.24, 2.45) is 0 Å². The molecule has 7 nitrogen and oxygen atoms in total. The number of imide groups is 1.